The zero-order valence-electron chi connectivity index (χ0n) is 10.9. The molecule has 3 N–H and O–H groups in total. The zero-order chi connectivity index (χ0) is 13.9. The summed E-state index contributed by atoms with van der Waals surface area (Å²) in [5.41, 5.74) is 3.24. The number of anilines is 1. The molecule has 20 heavy (non-hydrogen) atoms. The molecule has 0 unspecified atom stereocenters. The maximum Gasteiger partial charge on any atom is 0.278 e. The molecule has 5 nitrogen and oxygen atoms in total. The number of nitrogens with zero attached hydrogens (tertiary/aromatic N) is 1. The third kappa shape index (κ3) is 2.48. The Labute approximate surface area is 116 Å². The number of rotatable bonds is 2. The molecular weight excluding hydrogens is 254 g/mol. The molecule has 0 saturated carbocycles. The molecular formula is C15H15N3O2. The minimum absolute atomic E-state index is 0.0309. The summed E-state index contributed by atoms with van der Waals surface area (Å²) in [6, 6.07) is 8.89. The van der Waals surface area contributed by atoms with Crippen LogP contribution in [-0.2, 0) is 13.0 Å². The first-order valence-electron chi connectivity index (χ1n) is 6.52. The van der Waals surface area contributed by atoms with Crippen LogP contribution in [0.3, 0.4) is 0 Å². The molecule has 2 aromatic rings. The molecule has 1 aliphatic rings. The van der Waals surface area contributed by atoms with Crippen molar-refractivity contribution < 1.29 is 9.90 Å². The van der Waals surface area contributed by atoms with E-state index in [4.69, 9.17) is 0 Å². The average molecular weight is 269 g/mol. The van der Waals surface area contributed by atoms with Crippen LogP contribution in [0.2, 0.25) is 0 Å². The highest BCUT2D eigenvalue weighted by Crippen LogP contribution is 2.20. The normalized spacial score (nSPS) is 13.6. The van der Waals surface area contributed by atoms with Gasteiger partial charge in [-0.1, -0.05) is 6.07 Å². The van der Waals surface area contributed by atoms with Crippen molar-refractivity contribution in [1.82, 2.24) is 10.3 Å². The number of hydrogen-bond donors (Lipinski definition) is 3. The highest BCUT2D eigenvalue weighted by Gasteiger charge is 2.14. The summed E-state index contributed by atoms with van der Waals surface area (Å²) < 4.78 is 0. The second kappa shape index (κ2) is 5.30. The smallest absolute Gasteiger partial charge is 0.278 e. The van der Waals surface area contributed by atoms with E-state index in [-0.39, 0.29) is 11.4 Å². The van der Waals surface area contributed by atoms with E-state index >= 15 is 0 Å². The molecule has 5 heteroatoms. The summed E-state index contributed by atoms with van der Waals surface area (Å²) in [6.07, 6.45) is 2.48. The minimum atomic E-state index is -0.410. The number of carbonyl (C=O) groups excluding carboxylic acids is 1. The van der Waals surface area contributed by atoms with E-state index in [0.717, 1.165) is 19.5 Å². The third-order valence-electron chi connectivity index (χ3n) is 3.35. The van der Waals surface area contributed by atoms with E-state index in [1.807, 2.05) is 18.2 Å². The lowest BCUT2D eigenvalue weighted by Crippen LogP contribution is -2.23. The standard InChI is InChI=1S/C15H15N3O2/c19-13-2-1-6-17-14(13)15(20)18-12-4-3-10-5-7-16-9-11(10)8-12/h1-4,6,8,16,19H,5,7,9H2,(H,18,20). The van der Waals surface area contributed by atoms with Gasteiger partial charge in [0.05, 0.1) is 0 Å². The Balaban J connectivity index is 1.81. The van der Waals surface area contributed by atoms with Crippen LogP contribution in [0.5, 0.6) is 5.75 Å². The fourth-order valence-corrected chi connectivity index (χ4v) is 2.32. The Hall–Kier alpha value is -2.40. The van der Waals surface area contributed by atoms with Gasteiger partial charge in [0.25, 0.3) is 5.91 Å². The van der Waals surface area contributed by atoms with Crippen LogP contribution in [-0.4, -0.2) is 22.5 Å². The summed E-state index contributed by atoms with van der Waals surface area (Å²) in [5, 5.41) is 15.7. The van der Waals surface area contributed by atoms with E-state index in [1.54, 1.807) is 6.07 Å². The molecule has 102 valence electrons. The van der Waals surface area contributed by atoms with Crippen molar-refractivity contribution in [2.24, 2.45) is 0 Å². The molecule has 1 aliphatic heterocycles. The molecule has 1 aromatic heterocycles. The molecule has 0 aliphatic carbocycles. The molecule has 0 bridgehead atoms. The molecule has 0 radical (unpaired) electrons. The Morgan fingerprint density at radius 3 is 3.05 bits per heavy atom. The first kappa shape index (κ1) is 12.6. The van der Waals surface area contributed by atoms with Crippen molar-refractivity contribution in [3.8, 4) is 5.75 Å². The number of fused-ring (bicyclic) bond motifs is 1. The number of nitrogens with one attached hydrogen (secondary N) is 2. The Bertz CT molecular complexity index is 655. The lowest BCUT2D eigenvalue weighted by atomic mass is 10.0. The monoisotopic (exact) mass is 269 g/mol. The van der Waals surface area contributed by atoms with Gasteiger partial charge in [0.1, 0.15) is 5.75 Å². The molecule has 1 amide bonds. The number of pyridine rings is 1. The maximum absolute atomic E-state index is 12.1. The summed E-state index contributed by atoms with van der Waals surface area (Å²) in [4.78, 5) is 15.9. The van der Waals surface area contributed by atoms with Gasteiger partial charge in [-0.2, -0.15) is 0 Å². The summed E-state index contributed by atoms with van der Waals surface area (Å²) >= 11 is 0. The zero-order valence-corrected chi connectivity index (χ0v) is 10.9. The first-order valence-corrected chi connectivity index (χ1v) is 6.52. The van der Waals surface area contributed by atoms with Gasteiger partial charge in [0, 0.05) is 18.4 Å². The Morgan fingerprint density at radius 2 is 2.20 bits per heavy atom. The molecule has 0 spiro atoms. The van der Waals surface area contributed by atoms with Crippen LogP contribution in [0, 0.1) is 0 Å². The van der Waals surface area contributed by atoms with Crippen molar-refractivity contribution >= 4 is 11.6 Å². The van der Waals surface area contributed by atoms with Crippen LogP contribution in [0.1, 0.15) is 21.6 Å². The largest absolute Gasteiger partial charge is 0.505 e. The van der Waals surface area contributed by atoms with Gasteiger partial charge in [0.2, 0.25) is 0 Å². The molecule has 1 aromatic carbocycles. The van der Waals surface area contributed by atoms with E-state index in [9.17, 15) is 9.90 Å². The molecule has 0 atom stereocenters. The molecule has 0 fully saturated rings. The van der Waals surface area contributed by atoms with Gasteiger partial charge in [0.15, 0.2) is 5.69 Å². The number of aromatic nitrogens is 1. The second-order valence-electron chi connectivity index (χ2n) is 4.74. The predicted molar refractivity (Wildman–Crippen MR) is 75.7 cm³/mol. The van der Waals surface area contributed by atoms with Crippen molar-refractivity contribution in [3.05, 3.63) is 53.3 Å². The van der Waals surface area contributed by atoms with Gasteiger partial charge in [-0.15, -0.1) is 0 Å². The number of aromatic hydroxyl groups is 1. The van der Waals surface area contributed by atoms with E-state index in [1.165, 1.54) is 23.4 Å². The summed E-state index contributed by atoms with van der Waals surface area (Å²) in [6.45, 7) is 1.80. The van der Waals surface area contributed by atoms with Crippen LogP contribution in [0.4, 0.5) is 5.69 Å². The van der Waals surface area contributed by atoms with E-state index in [2.05, 4.69) is 15.6 Å². The lowest BCUT2D eigenvalue weighted by molar-refractivity contribution is 0.101. The van der Waals surface area contributed by atoms with Gasteiger partial charge in [-0.05, 0) is 48.4 Å². The van der Waals surface area contributed by atoms with Crippen LogP contribution >= 0.6 is 0 Å². The van der Waals surface area contributed by atoms with E-state index in [0.29, 0.717) is 5.69 Å². The molecule has 2 heterocycles. The fraction of sp³-hybridized carbons (Fsp3) is 0.200. The van der Waals surface area contributed by atoms with Crippen molar-refractivity contribution in [3.63, 3.8) is 0 Å². The SMILES string of the molecule is O=C(Nc1ccc2c(c1)CNCC2)c1ncccc1O. The minimum Gasteiger partial charge on any atom is -0.505 e. The first-order chi connectivity index (χ1) is 9.74. The fourth-order valence-electron chi connectivity index (χ4n) is 2.32. The van der Waals surface area contributed by atoms with Gasteiger partial charge < -0.3 is 15.7 Å². The van der Waals surface area contributed by atoms with Crippen molar-refractivity contribution in [1.29, 1.82) is 0 Å². The summed E-state index contributed by atoms with van der Waals surface area (Å²) in [5.74, 6) is -0.531. The number of amides is 1. The average Bonchev–Trinajstić information content (AvgIpc) is 2.47. The van der Waals surface area contributed by atoms with Crippen LogP contribution in [0.15, 0.2) is 36.5 Å². The topological polar surface area (TPSA) is 74.2 Å². The predicted octanol–water partition coefficient (Wildman–Crippen LogP) is 1.69. The third-order valence-corrected chi connectivity index (χ3v) is 3.35. The van der Waals surface area contributed by atoms with Crippen LogP contribution in [0.25, 0.3) is 0 Å². The van der Waals surface area contributed by atoms with Crippen molar-refractivity contribution in [2.75, 3.05) is 11.9 Å². The Kier molecular flexibility index (Phi) is 3.35. The van der Waals surface area contributed by atoms with Gasteiger partial charge in [-0.3, -0.25) is 4.79 Å². The summed E-state index contributed by atoms with van der Waals surface area (Å²) in [7, 11) is 0. The highest BCUT2D eigenvalue weighted by molar-refractivity contribution is 6.04. The Morgan fingerprint density at radius 1 is 1.30 bits per heavy atom. The highest BCUT2D eigenvalue weighted by atomic mass is 16.3. The molecule has 0 saturated heterocycles. The lowest BCUT2D eigenvalue weighted by Gasteiger charge is -2.18. The number of benzene rings is 1. The van der Waals surface area contributed by atoms with E-state index < -0.39 is 5.91 Å². The van der Waals surface area contributed by atoms with Gasteiger partial charge in [-0.25, -0.2) is 4.98 Å². The number of carbonyl (C=O) groups is 1. The van der Waals surface area contributed by atoms with Gasteiger partial charge >= 0.3 is 0 Å². The number of hydrogen-bond acceptors (Lipinski definition) is 4. The quantitative estimate of drug-likeness (QED) is 0.775. The maximum atomic E-state index is 12.1. The molecule has 3 rings (SSSR count). The van der Waals surface area contributed by atoms with Crippen molar-refractivity contribution in [2.45, 2.75) is 13.0 Å². The second-order valence-corrected chi connectivity index (χ2v) is 4.74. The van der Waals surface area contributed by atoms with Crippen LogP contribution < -0.4 is 10.6 Å².